The van der Waals surface area contributed by atoms with Crippen LogP contribution in [0.3, 0.4) is 0 Å². The predicted octanol–water partition coefficient (Wildman–Crippen LogP) is 7.72. The fourth-order valence-electron chi connectivity index (χ4n) is 5.16. The van der Waals surface area contributed by atoms with Gasteiger partial charge in [-0.25, -0.2) is 4.79 Å². The van der Waals surface area contributed by atoms with Crippen LogP contribution in [0.2, 0.25) is 0 Å². The summed E-state index contributed by atoms with van der Waals surface area (Å²) in [6.45, 7) is 0.288. The summed E-state index contributed by atoms with van der Waals surface area (Å²) < 4.78 is 0. The number of carboxylic acid groups (broad SMARTS) is 1. The zero-order chi connectivity index (χ0) is 28.2. The van der Waals surface area contributed by atoms with E-state index in [4.69, 9.17) is 5.11 Å². The van der Waals surface area contributed by atoms with Crippen molar-refractivity contribution in [3.63, 3.8) is 0 Å². The van der Waals surface area contributed by atoms with E-state index in [0.717, 1.165) is 44.3 Å². The minimum Gasteiger partial charge on any atom is -0.478 e. The molecule has 0 aliphatic carbocycles. The molecule has 0 unspecified atom stereocenters. The van der Waals surface area contributed by atoms with E-state index in [-0.39, 0.29) is 18.0 Å². The minimum atomic E-state index is -0.976. The van der Waals surface area contributed by atoms with Crippen molar-refractivity contribution in [1.82, 2.24) is 10.3 Å². The fourth-order valence-corrected chi connectivity index (χ4v) is 5.16. The van der Waals surface area contributed by atoms with Gasteiger partial charge in [-0.05, 0) is 69.6 Å². The summed E-state index contributed by atoms with van der Waals surface area (Å²) in [6.07, 6.45) is 2.67. The van der Waals surface area contributed by atoms with Gasteiger partial charge in [-0.2, -0.15) is 0 Å². The van der Waals surface area contributed by atoms with E-state index in [0.29, 0.717) is 12.0 Å². The van der Waals surface area contributed by atoms with Crippen LogP contribution in [0.4, 0.5) is 0 Å². The molecule has 41 heavy (non-hydrogen) atoms. The van der Waals surface area contributed by atoms with Gasteiger partial charge in [-0.1, -0.05) is 97.1 Å². The van der Waals surface area contributed by atoms with Gasteiger partial charge in [-0.15, -0.1) is 0 Å². The number of carbonyl (C=O) groups excluding carboxylic acids is 1. The van der Waals surface area contributed by atoms with E-state index < -0.39 is 5.97 Å². The predicted molar refractivity (Wildman–Crippen MR) is 163 cm³/mol. The maximum absolute atomic E-state index is 13.7. The molecule has 0 aliphatic rings. The standard InChI is InChI=1S/C36H28N2O3/c39-35(38-22-25-13-17-29(18-14-25)36(40)41)32-20-30(27-9-5-2-6-10-27)21-33-34(32)31(23-37-33)19-24-11-15-28(16-12-24)26-7-3-1-4-8-26/h1-18,20-21,23,37H,19,22H2,(H,38,39)(H,40,41). The van der Waals surface area contributed by atoms with E-state index in [2.05, 4.69) is 52.8 Å². The number of benzene rings is 5. The topological polar surface area (TPSA) is 82.2 Å². The average Bonchev–Trinajstić information content (AvgIpc) is 3.43. The van der Waals surface area contributed by atoms with Gasteiger partial charge in [0.05, 0.1) is 5.56 Å². The highest BCUT2D eigenvalue weighted by molar-refractivity contribution is 6.09. The number of carbonyl (C=O) groups is 2. The molecule has 0 atom stereocenters. The molecule has 0 radical (unpaired) electrons. The molecule has 200 valence electrons. The third-order valence-electron chi connectivity index (χ3n) is 7.32. The summed E-state index contributed by atoms with van der Waals surface area (Å²) in [5.74, 6) is -1.16. The third-order valence-corrected chi connectivity index (χ3v) is 7.32. The number of rotatable bonds is 8. The van der Waals surface area contributed by atoms with Gasteiger partial charge in [-0.3, -0.25) is 4.79 Å². The molecule has 5 aromatic carbocycles. The summed E-state index contributed by atoms with van der Waals surface area (Å²) in [4.78, 5) is 28.3. The fraction of sp³-hybridized carbons (Fsp3) is 0.0556. The van der Waals surface area contributed by atoms with Crippen LogP contribution in [0, 0.1) is 0 Å². The normalized spacial score (nSPS) is 10.9. The number of hydrogen-bond donors (Lipinski definition) is 3. The molecule has 6 rings (SSSR count). The van der Waals surface area contributed by atoms with Gasteiger partial charge >= 0.3 is 5.97 Å². The maximum atomic E-state index is 13.7. The van der Waals surface area contributed by atoms with E-state index in [1.165, 1.54) is 5.56 Å². The molecule has 5 heteroatoms. The van der Waals surface area contributed by atoms with Crippen LogP contribution >= 0.6 is 0 Å². The number of fused-ring (bicyclic) bond motifs is 1. The largest absolute Gasteiger partial charge is 0.478 e. The van der Waals surface area contributed by atoms with Crippen LogP contribution in [-0.4, -0.2) is 22.0 Å². The average molecular weight is 537 g/mol. The summed E-state index contributed by atoms with van der Waals surface area (Å²) >= 11 is 0. The number of hydrogen-bond acceptors (Lipinski definition) is 2. The maximum Gasteiger partial charge on any atom is 0.335 e. The third kappa shape index (κ3) is 5.65. The summed E-state index contributed by atoms with van der Waals surface area (Å²) in [6, 6.07) is 39.4. The molecular formula is C36H28N2O3. The van der Waals surface area contributed by atoms with Crippen LogP contribution < -0.4 is 5.32 Å². The molecule has 0 saturated carbocycles. The van der Waals surface area contributed by atoms with E-state index in [1.807, 2.05) is 60.8 Å². The second kappa shape index (κ2) is 11.4. The van der Waals surface area contributed by atoms with Crippen LogP contribution in [0.25, 0.3) is 33.2 Å². The number of nitrogens with one attached hydrogen (secondary N) is 2. The Morgan fingerprint density at radius 1 is 0.659 bits per heavy atom. The van der Waals surface area contributed by atoms with Crippen molar-refractivity contribution >= 4 is 22.8 Å². The van der Waals surface area contributed by atoms with Crippen molar-refractivity contribution in [2.75, 3.05) is 0 Å². The molecule has 0 spiro atoms. The van der Waals surface area contributed by atoms with E-state index >= 15 is 0 Å². The lowest BCUT2D eigenvalue weighted by Crippen LogP contribution is -2.23. The lowest BCUT2D eigenvalue weighted by Gasteiger charge is -2.12. The molecule has 0 fully saturated rings. The molecule has 5 nitrogen and oxygen atoms in total. The molecule has 6 aromatic rings. The van der Waals surface area contributed by atoms with Crippen molar-refractivity contribution in [2.24, 2.45) is 0 Å². The Balaban J connectivity index is 1.32. The smallest absolute Gasteiger partial charge is 0.335 e. The van der Waals surface area contributed by atoms with Crippen molar-refractivity contribution in [3.05, 3.63) is 155 Å². The molecule has 0 bridgehead atoms. The van der Waals surface area contributed by atoms with E-state index in [1.54, 1.807) is 24.3 Å². The van der Waals surface area contributed by atoms with Crippen molar-refractivity contribution in [3.8, 4) is 22.3 Å². The molecule has 1 heterocycles. The van der Waals surface area contributed by atoms with Crippen LogP contribution in [-0.2, 0) is 13.0 Å². The van der Waals surface area contributed by atoms with Crippen LogP contribution in [0.1, 0.15) is 37.4 Å². The van der Waals surface area contributed by atoms with Crippen molar-refractivity contribution < 1.29 is 14.7 Å². The Kier molecular flexibility index (Phi) is 7.16. The number of carboxylic acids is 1. The Labute approximate surface area is 238 Å². The number of H-pyrrole nitrogens is 1. The number of aromatic nitrogens is 1. The van der Waals surface area contributed by atoms with E-state index in [9.17, 15) is 9.59 Å². The highest BCUT2D eigenvalue weighted by Gasteiger charge is 2.18. The number of aromatic amines is 1. The zero-order valence-electron chi connectivity index (χ0n) is 22.3. The first kappa shape index (κ1) is 25.8. The Bertz CT molecular complexity index is 1820. The van der Waals surface area contributed by atoms with Gasteiger partial charge < -0.3 is 15.4 Å². The minimum absolute atomic E-state index is 0.185. The summed E-state index contributed by atoms with van der Waals surface area (Å²) in [7, 11) is 0. The summed E-state index contributed by atoms with van der Waals surface area (Å²) in [5.41, 5.74) is 9.06. The zero-order valence-corrected chi connectivity index (χ0v) is 22.3. The Hall–Kier alpha value is -5.42. The van der Waals surface area contributed by atoms with Gasteiger partial charge in [0.2, 0.25) is 0 Å². The first-order valence-electron chi connectivity index (χ1n) is 13.5. The highest BCUT2D eigenvalue weighted by Crippen LogP contribution is 2.31. The quantitative estimate of drug-likeness (QED) is 0.186. The van der Waals surface area contributed by atoms with Crippen molar-refractivity contribution in [1.29, 1.82) is 0 Å². The molecule has 1 aromatic heterocycles. The van der Waals surface area contributed by atoms with Crippen molar-refractivity contribution in [2.45, 2.75) is 13.0 Å². The first-order valence-corrected chi connectivity index (χ1v) is 13.5. The second-order valence-electron chi connectivity index (χ2n) is 10.1. The molecule has 0 aliphatic heterocycles. The first-order chi connectivity index (χ1) is 20.0. The monoisotopic (exact) mass is 536 g/mol. The van der Waals surface area contributed by atoms with Gasteiger partial charge in [0, 0.05) is 29.2 Å². The Morgan fingerprint density at radius 2 is 1.24 bits per heavy atom. The van der Waals surface area contributed by atoms with Gasteiger partial charge in [0.25, 0.3) is 5.91 Å². The molecule has 3 N–H and O–H groups in total. The highest BCUT2D eigenvalue weighted by atomic mass is 16.4. The lowest BCUT2D eigenvalue weighted by atomic mass is 9.95. The molecular weight excluding hydrogens is 508 g/mol. The lowest BCUT2D eigenvalue weighted by molar-refractivity contribution is 0.0696. The van der Waals surface area contributed by atoms with Crippen LogP contribution in [0.15, 0.2) is 128 Å². The summed E-state index contributed by atoms with van der Waals surface area (Å²) in [5, 5.41) is 13.1. The number of amides is 1. The number of aromatic carboxylic acids is 1. The second-order valence-corrected chi connectivity index (χ2v) is 10.1. The molecule has 0 saturated heterocycles. The molecule has 1 amide bonds. The van der Waals surface area contributed by atoms with Crippen LogP contribution in [0.5, 0.6) is 0 Å². The Morgan fingerprint density at radius 3 is 1.88 bits per heavy atom. The van der Waals surface area contributed by atoms with Gasteiger partial charge in [0.1, 0.15) is 0 Å². The van der Waals surface area contributed by atoms with Gasteiger partial charge in [0.15, 0.2) is 0 Å². The SMILES string of the molecule is O=C(O)c1ccc(CNC(=O)c2cc(-c3ccccc3)cc3[nH]cc(Cc4ccc(-c5ccccc5)cc4)c23)cc1.